The predicted molar refractivity (Wildman–Crippen MR) is 189 cm³/mol. The fourth-order valence-electron chi connectivity index (χ4n) is 4.68. The molecule has 0 radical (unpaired) electrons. The van der Waals surface area contributed by atoms with Crippen molar-refractivity contribution in [3.8, 4) is 5.75 Å². The molecular formula is C38H58O2S2. The minimum Gasteiger partial charge on any atom is -0.513 e. The van der Waals surface area contributed by atoms with Gasteiger partial charge in [-0.2, -0.15) is 0 Å². The Morgan fingerprint density at radius 2 is 1.02 bits per heavy atom. The van der Waals surface area contributed by atoms with Crippen LogP contribution in [0.2, 0.25) is 0 Å². The zero-order valence-electron chi connectivity index (χ0n) is 29.1. The van der Waals surface area contributed by atoms with Gasteiger partial charge in [-0.1, -0.05) is 102 Å². The molecule has 0 bridgehead atoms. The van der Waals surface area contributed by atoms with Crippen molar-refractivity contribution < 1.29 is 9.84 Å². The van der Waals surface area contributed by atoms with Crippen molar-refractivity contribution in [2.24, 2.45) is 0 Å². The average Bonchev–Trinajstić information content (AvgIpc) is 2.76. The molecule has 1 N–H and O–H groups in total. The summed E-state index contributed by atoms with van der Waals surface area (Å²) in [6, 6.07) is 11.8. The van der Waals surface area contributed by atoms with Crippen LogP contribution in [0.1, 0.15) is 138 Å². The van der Waals surface area contributed by atoms with Crippen LogP contribution >= 0.6 is 23.5 Å². The van der Waals surface area contributed by atoms with E-state index in [-0.39, 0.29) is 31.5 Å². The van der Waals surface area contributed by atoms with Gasteiger partial charge in [0.1, 0.15) is 5.75 Å². The monoisotopic (exact) mass is 610 g/mol. The molecule has 0 heterocycles. The maximum absolute atomic E-state index is 9.50. The maximum atomic E-state index is 9.50. The molecule has 0 saturated heterocycles. The summed E-state index contributed by atoms with van der Waals surface area (Å²) in [6.45, 7) is 39.8. The van der Waals surface area contributed by atoms with Gasteiger partial charge in [0, 0.05) is 33.8 Å². The van der Waals surface area contributed by atoms with Crippen LogP contribution in [0.3, 0.4) is 0 Å². The van der Waals surface area contributed by atoms with Gasteiger partial charge in [0.2, 0.25) is 0 Å². The first-order valence-corrected chi connectivity index (χ1v) is 16.9. The van der Waals surface area contributed by atoms with Crippen LogP contribution in [-0.2, 0) is 21.7 Å². The number of thioether (sulfide) groups is 2. The largest absolute Gasteiger partial charge is 0.513 e. The lowest BCUT2D eigenvalue weighted by molar-refractivity contribution is 0.358. The van der Waals surface area contributed by atoms with E-state index in [1.807, 2.05) is 23.5 Å². The summed E-state index contributed by atoms with van der Waals surface area (Å²) < 4.78 is 6.46. The molecule has 0 aliphatic carbocycles. The van der Waals surface area contributed by atoms with Crippen LogP contribution in [0.4, 0.5) is 0 Å². The van der Waals surface area contributed by atoms with Gasteiger partial charge in [-0.25, -0.2) is 0 Å². The van der Waals surface area contributed by atoms with Gasteiger partial charge in [-0.15, -0.1) is 23.5 Å². The molecule has 0 amide bonds. The minimum absolute atomic E-state index is 0.0863. The van der Waals surface area contributed by atoms with E-state index >= 15 is 0 Å². The predicted octanol–water partition coefficient (Wildman–Crippen LogP) is 12.6. The van der Waals surface area contributed by atoms with Gasteiger partial charge in [0.25, 0.3) is 0 Å². The second-order valence-corrected chi connectivity index (χ2v) is 19.9. The Morgan fingerprint density at radius 3 is 1.38 bits per heavy atom. The summed E-state index contributed by atoms with van der Waals surface area (Å²) in [5, 5.41) is 9.50. The Bertz CT molecular complexity index is 1200. The standard InChI is InChI=1S/C38H58O2S2/c1-25(39)18-17-19-26(2)40-33-31(36(9,10)11)23-30(24-32(33)37(12,13)14)42-38(15,16)41-29-21-27(34(3,4)5)20-28(22-29)35(6,7)8/h20-24,39H,1-2,17-19H2,3-16H3. The van der Waals surface area contributed by atoms with Gasteiger partial charge in [-0.3, -0.25) is 0 Å². The highest BCUT2D eigenvalue weighted by Crippen LogP contribution is 2.50. The Balaban J connectivity index is 2.54. The third-order valence-corrected chi connectivity index (χ3v) is 9.64. The van der Waals surface area contributed by atoms with Gasteiger partial charge in [0.15, 0.2) is 0 Å². The van der Waals surface area contributed by atoms with Crippen molar-refractivity contribution in [2.75, 3.05) is 0 Å². The first kappa shape index (κ1) is 36.4. The van der Waals surface area contributed by atoms with Crippen molar-refractivity contribution in [3.05, 3.63) is 77.3 Å². The topological polar surface area (TPSA) is 29.5 Å². The van der Waals surface area contributed by atoms with Gasteiger partial charge in [0.05, 0.1) is 15.6 Å². The van der Waals surface area contributed by atoms with E-state index in [0.29, 0.717) is 12.8 Å². The Morgan fingerprint density at radius 1 is 0.619 bits per heavy atom. The Kier molecular flexibility index (Phi) is 11.3. The molecule has 2 rings (SSSR count). The molecule has 4 heteroatoms. The second-order valence-electron chi connectivity index (χ2n) is 16.3. The average molecular weight is 611 g/mol. The third-order valence-electron chi connectivity index (χ3n) is 7.21. The number of hydrogen-bond acceptors (Lipinski definition) is 4. The third kappa shape index (κ3) is 10.7. The van der Waals surface area contributed by atoms with Gasteiger partial charge in [-0.05, 0) is 77.3 Å². The van der Waals surface area contributed by atoms with Crippen LogP contribution in [-0.4, -0.2) is 9.19 Å². The first-order valence-electron chi connectivity index (χ1n) is 15.2. The molecule has 42 heavy (non-hydrogen) atoms. The summed E-state index contributed by atoms with van der Waals surface area (Å²) in [6.07, 6.45) is 1.99. The summed E-state index contributed by atoms with van der Waals surface area (Å²) in [5.41, 5.74) is 5.08. The molecule has 0 atom stereocenters. The smallest absolute Gasteiger partial charge is 0.134 e. The second kappa shape index (κ2) is 13.1. The van der Waals surface area contributed by atoms with Gasteiger partial charge < -0.3 is 9.84 Å². The van der Waals surface area contributed by atoms with Crippen LogP contribution < -0.4 is 4.74 Å². The fraction of sp³-hybridized carbons (Fsp3) is 0.579. The highest BCUT2D eigenvalue weighted by Gasteiger charge is 2.31. The maximum Gasteiger partial charge on any atom is 0.134 e. The lowest BCUT2D eigenvalue weighted by Crippen LogP contribution is -2.20. The van der Waals surface area contributed by atoms with E-state index in [1.54, 1.807) is 0 Å². The normalized spacial score (nSPS) is 13.3. The van der Waals surface area contributed by atoms with E-state index in [2.05, 4.69) is 140 Å². The fourth-order valence-corrected chi connectivity index (χ4v) is 7.29. The van der Waals surface area contributed by atoms with Crippen LogP contribution in [0.5, 0.6) is 5.75 Å². The van der Waals surface area contributed by atoms with E-state index in [0.717, 1.165) is 17.9 Å². The van der Waals surface area contributed by atoms with Crippen molar-refractivity contribution in [2.45, 2.75) is 152 Å². The van der Waals surface area contributed by atoms with Gasteiger partial charge >= 0.3 is 0 Å². The van der Waals surface area contributed by atoms with E-state index in [4.69, 9.17) is 4.74 Å². The number of allylic oxidation sites excluding steroid dienone is 2. The SMILES string of the molecule is C=C(O)CCCC(=C)Oc1c(C(C)(C)C)cc(SC(C)(C)Sc2cc(C(C)(C)C)cc(C(C)(C)C)c2)cc1C(C)(C)C. The lowest BCUT2D eigenvalue weighted by atomic mass is 9.79. The summed E-state index contributed by atoms with van der Waals surface area (Å²) >= 11 is 3.86. The molecule has 0 spiro atoms. The number of hydrogen-bond donors (Lipinski definition) is 1. The summed E-state index contributed by atoms with van der Waals surface area (Å²) in [5.74, 6) is 1.84. The molecule has 0 aromatic heterocycles. The lowest BCUT2D eigenvalue weighted by Gasteiger charge is -2.32. The highest BCUT2D eigenvalue weighted by molar-refractivity contribution is 8.18. The number of rotatable bonds is 10. The number of aliphatic hydroxyl groups excluding tert-OH is 1. The Labute approximate surface area is 267 Å². The molecule has 234 valence electrons. The molecular weight excluding hydrogens is 553 g/mol. The van der Waals surface area contributed by atoms with E-state index < -0.39 is 0 Å². The first-order chi connectivity index (χ1) is 18.8. The molecule has 0 aliphatic heterocycles. The minimum atomic E-state index is -0.120. The van der Waals surface area contributed by atoms with Crippen molar-refractivity contribution in [1.29, 1.82) is 0 Å². The molecule has 2 aromatic carbocycles. The van der Waals surface area contributed by atoms with E-state index in [1.165, 1.54) is 32.0 Å². The molecule has 0 saturated carbocycles. The zero-order chi connectivity index (χ0) is 32.5. The summed E-state index contributed by atoms with van der Waals surface area (Å²) in [7, 11) is 0. The summed E-state index contributed by atoms with van der Waals surface area (Å²) in [4.78, 5) is 2.57. The number of aliphatic hydroxyl groups is 1. The highest BCUT2D eigenvalue weighted by atomic mass is 32.2. The quantitative estimate of drug-likeness (QED) is 0.165. The number of benzene rings is 2. The van der Waals surface area contributed by atoms with E-state index in [9.17, 15) is 5.11 Å². The molecule has 2 nitrogen and oxygen atoms in total. The zero-order valence-corrected chi connectivity index (χ0v) is 30.7. The van der Waals surface area contributed by atoms with Crippen molar-refractivity contribution in [1.82, 2.24) is 0 Å². The molecule has 2 aromatic rings. The van der Waals surface area contributed by atoms with Crippen LogP contribution in [0, 0.1) is 0 Å². The van der Waals surface area contributed by atoms with Crippen molar-refractivity contribution in [3.63, 3.8) is 0 Å². The Hall–Kier alpha value is -1.78. The van der Waals surface area contributed by atoms with Crippen molar-refractivity contribution >= 4 is 23.5 Å². The van der Waals surface area contributed by atoms with Crippen LogP contribution in [0.15, 0.2) is 64.8 Å². The molecule has 0 unspecified atom stereocenters. The number of ether oxygens (including phenoxy) is 1. The van der Waals surface area contributed by atoms with Crippen LogP contribution in [0.25, 0.3) is 0 Å². The molecule has 0 fully saturated rings. The molecule has 0 aliphatic rings.